The molecule has 2 heterocycles. The number of aliphatic imine (C=N–C) groups is 1. The van der Waals surface area contributed by atoms with Crippen LogP contribution in [0.5, 0.6) is 5.75 Å². The van der Waals surface area contributed by atoms with Gasteiger partial charge in [-0.05, 0) is 55.9 Å². The van der Waals surface area contributed by atoms with Gasteiger partial charge in [-0.25, -0.2) is 15.0 Å². The van der Waals surface area contributed by atoms with E-state index in [-0.39, 0.29) is 24.0 Å². The third-order valence-corrected chi connectivity index (χ3v) is 5.45. The van der Waals surface area contributed by atoms with E-state index in [0.717, 1.165) is 75.5 Å². The van der Waals surface area contributed by atoms with Crippen molar-refractivity contribution in [2.75, 3.05) is 51.4 Å². The highest BCUT2D eigenvalue weighted by Gasteiger charge is 2.21. The van der Waals surface area contributed by atoms with Crippen molar-refractivity contribution in [2.45, 2.75) is 32.7 Å². The van der Waals surface area contributed by atoms with E-state index in [2.05, 4.69) is 25.5 Å². The van der Waals surface area contributed by atoms with Crippen molar-refractivity contribution in [1.82, 2.24) is 20.6 Å². The molecule has 1 aliphatic rings. The lowest BCUT2D eigenvalue weighted by Crippen LogP contribution is -2.45. The van der Waals surface area contributed by atoms with Gasteiger partial charge in [0.15, 0.2) is 5.96 Å². The minimum Gasteiger partial charge on any atom is -0.497 e. The lowest BCUT2D eigenvalue weighted by Gasteiger charge is -2.33. The summed E-state index contributed by atoms with van der Waals surface area (Å²) in [6.45, 7) is 7.78. The van der Waals surface area contributed by atoms with Gasteiger partial charge in [0.1, 0.15) is 5.75 Å². The Morgan fingerprint density at radius 1 is 1.18 bits per heavy atom. The molecule has 1 unspecified atom stereocenters. The first-order valence-corrected chi connectivity index (χ1v) is 11.5. The predicted molar refractivity (Wildman–Crippen MR) is 144 cm³/mol. The van der Waals surface area contributed by atoms with Crippen LogP contribution in [0.2, 0.25) is 0 Å². The van der Waals surface area contributed by atoms with Crippen molar-refractivity contribution < 1.29 is 9.47 Å². The number of ether oxygens (including phenoxy) is 2. The normalized spacial score (nSPS) is 16.1. The molecule has 1 fully saturated rings. The molecule has 0 spiro atoms. The summed E-state index contributed by atoms with van der Waals surface area (Å²) in [6, 6.07) is 9.89. The van der Waals surface area contributed by atoms with E-state index in [4.69, 9.17) is 14.5 Å². The standard InChI is InChI=1S/C24H36N6O2.HI/c1-3-32-16-6-14-25-23(28-17-20-8-10-22(31-2)11-9-20)29-18-21-7-4-15-30(19-21)24-26-12-5-13-27-24;/h5,8-13,21H,3-4,6-7,14-19H2,1-2H3,(H2,25,28,29);1H. The Bertz CT molecular complexity index is 806. The van der Waals surface area contributed by atoms with Gasteiger partial charge in [0, 0.05) is 51.8 Å². The lowest BCUT2D eigenvalue weighted by molar-refractivity contribution is 0.145. The van der Waals surface area contributed by atoms with Gasteiger partial charge in [0.05, 0.1) is 13.7 Å². The molecule has 1 aromatic heterocycles. The molecule has 2 N–H and O–H groups in total. The first-order valence-electron chi connectivity index (χ1n) is 11.5. The molecule has 1 atom stereocenters. The van der Waals surface area contributed by atoms with Crippen LogP contribution in [0.4, 0.5) is 5.95 Å². The molecular formula is C24H37IN6O2. The lowest BCUT2D eigenvalue weighted by atomic mass is 9.98. The molecule has 0 bridgehead atoms. The highest BCUT2D eigenvalue weighted by atomic mass is 127. The second kappa shape index (κ2) is 15.7. The fraction of sp³-hybridized carbons (Fsp3) is 0.542. The zero-order valence-electron chi connectivity index (χ0n) is 19.7. The number of anilines is 1. The third-order valence-electron chi connectivity index (χ3n) is 5.45. The van der Waals surface area contributed by atoms with Crippen molar-refractivity contribution >= 4 is 35.9 Å². The molecule has 2 aromatic rings. The SMILES string of the molecule is CCOCCCNC(=NCc1ccc(OC)cc1)NCC1CCCN(c2ncccn2)C1.I. The third kappa shape index (κ3) is 9.71. The first kappa shape index (κ1) is 27.1. The Morgan fingerprint density at radius 2 is 1.97 bits per heavy atom. The van der Waals surface area contributed by atoms with E-state index in [9.17, 15) is 0 Å². The number of nitrogens with one attached hydrogen (secondary N) is 2. The largest absolute Gasteiger partial charge is 0.497 e. The minimum atomic E-state index is 0. The van der Waals surface area contributed by atoms with Crippen LogP contribution in [0.1, 0.15) is 31.7 Å². The fourth-order valence-electron chi connectivity index (χ4n) is 3.71. The molecule has 0 amide bonds. The molecule has 0 radical (unpaired) electrons. The molecule has 3 rings (SSSR count). The second-order valence-corrected chi connectivity index (χ2v) is 7.87. The highest BCUT2D eigenvalue weighted by Crippen LogP contribution is 2.19. The Balaban J connectivity index is 0.00000385. The zero-order chi connectivity index (χ0) is 22.4. The monoisotopic (exact) mass is 568 g/mol. The Hall–Kier alpha value is -2.14. The molecule has 33 heavy (non-hydrogen) atoms. The summed E-state index contributed by atoms with van der Waals surface area (Å²) in [5, 5.41) is 7.00. The smallest absolute Gasteiger partial charge is 0.225 e. The number of methoxy groups -OCH3 is 1. The number of aromatic nitrogens is 2. The molecule has 1 aliphatic heterocycles. The van der Waals surface area contributed by atoms with Crippen LogP contribution in [0.25, 0.3) is 0 Å². The van der Waals surface area contributed by atoms with Crippen LogP contribution >= 0.6 is 24.0 Å². The van der Waals surface area contributed by atoms with Crippen molar-refractivity contribution in [3.8, 4) is 5.75 Å². The van der Waals surface area contributed by atoms with Crippen LogP contribution in [0.3, 0.4) is 0 Å². The fourth-order valence-corrected chi connectivity index (χ4v) is 3.71. The van der Waals surface area contributed by atoms with Gasteiger partial charge in [0.2, 0.25) is 5.95 Å². The molecule has 8 nitrogen and oxygen atoms in total. The van der Waals surface area contributed by atoms with Crippen molar-refractivity contribution in [3.05, 3.63) is 48.3 Å². The van der Waals surface area contributed by atoms with Gasteiger partial charge in [-0.15, -0.1) is 24.0 Å². The number of guanidine groups is 1. The number of benzene rings is 1. The van der Waals surface area contributed by atoms with E-state index < -0.39 is 0 Å². The van der Waals surface area contributed by atoms with Crippen molar-refractivity contribution in [1.29, 1.82) is 0 Å². The summed E-state index contributed by atoms with van der Waals surface area (Å²) < 4.78 is 10.7. The Labute approximate surface area is 214 Å². The molecule has 0 saturated carbocycles. The number of rotatable bonds is 11. The number of hydrogen-bond donors (Lipinski definition) is 2. The molecule has 1 aromatic carbocycles. The summed E-state index contributed by atoms with van der Waals surface area (Å²) in [6.07, 6.45) is 6.89. The summed E-state index contributed by atoms with van der Waals surface area (Å²) >= 11 is 0. The second-order valence-electron chi connectivity index (χ2n) is 7.87. The van der Waals surface area contributed by atoms with Gasteiger partial charge in [-0.2, -0.15) is 0 Å². The summed E-state index contributed by atoms with van der Waals surface area (Å²) in [4.78, 5) is 15.9. The maximum atomic E-state index is 5.45. The van der Waals surface area contributed by atoms with E-state index >= 15 is 0 Å². The average molecular weight is 569 g/mol. The van der Waals surface area contributed by atoms with Crippen molar-refractivity contribution in [2.24, 2.45) is 10.9 Å². The summed E-state index contributed by atoms with van der Waals surface area (Å²) in [7, 11) is 1.68. The number of hydrogen-bond acceptors (Lipinski definition) is 6. The Kier molecular flexibility index (Phi) is 12.9. The summed E-state index contributed by atoms with van der Waals surface area (Å²) in [5.41, 5.74) is 1.14. The zero-order valence-corrected chi connectivity index (χ0v) is 22.0. The number of piperidine rings is 1. The molecular weight excluding hydrogens is 531 g/mol. The highest BCUT2D eigenvalue weighted by molar-refractivity contribution is 14.0. The molecule has 9 heteroatoms. The molecule has 182 valence electrons. The van der Waals surface area contributed by atoms with Gasteiger partial charge in [-0.1, -0.05) is 12.1 Å². The molecule has 0 aliphatic carbocycles. The van der Waals surface area contributed by atoms with E-state index in [1.165, 1.54) is 6.42 Å². The van der Waals surface area contributed by atoms with Gasteiger partial charge in [0.25, 0.3) is 0 Å². The van der Waals surface area contributed by atoms with Crippen LogP contribution in [-0.4, -0.2) is 62.4 Å². The van der Waals surface area contributed by atoms with E-state index in [1.807, 2.05) is 37.3 Å². The number of halogens is 1. The maximum absolute atomic E-state index is 5.45. The molecule has 1 saturated heterocycles. The Morgan fingerprint density at radius 3 is 2.70 bits per heavy atom. The first-order chi connectivity index (χ1) is 15.8. The van der Waals surface area contributed by atoms with Crippen LogP contribution in [0, 0.1) is 5.92 Å². The quantitative estimate of drug-likeness (QED) is 0.186. The maximum Gasteiger partial charge on any atom is 0.225 e. The van der Waals surface area contributed by atoms with Gasteiger partial charge < -0.3 is 25.0 Å². The van der Waals surface area contributed by atoms with Gasteiger partial charge >= 0.3 is 0 Å². The van der Waals surface area contributed by atoms with E-state index in [0.29, 0.717) is 12.5 Å². The van der Waals surface area contributed by atoms with E-state index in [1.54, 1.807) is 19.5 Å². The topological polar surface area (TPSA) is 83.9 Å². The number of nitrogens with zero attached hydrogens (tertiary/aromatic N) is 4. The van der Waals surface area contributed by atoms with Crippen LogP contribution in [0.15, 0.2) is 47.7 Å². The summed E-state index contributed by atoms with van der Waals surface area (Å²) in [5.74, 6) is 3.03. The van der Waals surface area contributed by atoms with Crippen LogP contribution in [-0.2, 0) is 11.3 Å². The minimum absolute atomic E-state index is 0. The van der Waals surface area contributed by atoms with Crippen LogP contribution < -0.4 is 20.3 Å². The van der Waals surface area contributed by atoms with Gasteiger partial charge in [-0.3, -0.25) is 0 Å². The average Bonchev–Trinajstić information content (AvgIpc) is 2.86. The van der Waals surface area contributed by atoms with Crippen molar-refractivity contribution in [3.63, 3.8) is 0 Å². The predicted octanol–water partition coefficient (Wildman–Crippen LogP) is 3.48.